The molecular weight excluding hydrogens is 188 g/mol. The summed E-state index contributed by atoms with van der Waals surface area (Å²) < 4.78 is 0. The molecule has 0 spiro atoms. The van der Waals surface area contributed by atoms with Gasteiger partial charge in [-0.25, -0.2) is 0 Å². The Balaban J connectivity index is 2.04. The lowest BCUT2D eigenvalue weighted by Gasteiger charge is -2.16. The van der Waals surface area contributed by atoms with Crippen LogP contribution in [0.2, 0.25) is 0 Å². The molecule has 0 nitrogen and oxygen atoms in total. The molecule has 1 aliphatic carbocycles. The summed E-state index contributed by atoms with van der Waals surface area (Å²) in [6.07, 6.45) is 6.41. The van der Waals surface area contributed by atoms with Gasteiger partial charge in [0.15, 0.2) is 0 Å². The average Bonchev–Trinajstić information content (AvgIpc) is 2.19. The van der Waals surface area contributed by atoms with E-state index in [1.54, 1.807) is 4.91 Å². The van der Waals surface area contributed by atoms with Crippen LogP contribution in [0.4, 0.5) is 0 Å². The minimum atomic E-state index is 0.773. The highest BCUT2D eigenvalue weighted by molar-refractivity contribution is 8.03. The molecule has 0 radical (unpaired) electrons. The second-order valence-corrected chi connectivity index (χ2v) is 5.12. The summed E-state index contributed by atoms with van der Waals surface area (Å²) in [4.78, 5) is 2.92. The van der Waals surface area contributed by atoms with Crippen LogP contribution in [-0.4, -0.2) is 0 Å². The zero-order chi connectivity index (χ0) is 9.80. The lowest BCUT2D eigenvalue weighted by Crippen LogP contribution is -1.98. The summed E-state index contributed by atoms with van der Waals surface area (Å²) in [7, 11) is 0. The van der Waals surface area contributed by atoms with Gasteiger partial charge in [-0.3, -0.25) is 0 Å². The van der Waals surface area contributed by atoms with E-state index in [9.17, 15) is 0 Å². The molecule has 1 heteroatoms. The van der Waals surface area contributed by atoms with Crippen molar-refractivity contribution >= 4 is 11.8 Å². The topological polar surface area (TPSA) is 0 Å². The standard InChI is InChI=1S/C13H16S/c1-11-6-5-9-13(10-11)14-12-7-3-2-4-8-12/h2-4,7-8,10-11H,5-6,9H2,1H3. The predicted octanol–water partition coefficient (Wildman–Crippen LogP) is 4.48. The first-order valence-corrected chi connectivity index (χ1v) is 6.10. The lowest BCUT2D eigenvalue weighted by molar-refractivity contribution is 0.580. The van der Waals surface area contributed by atoms with Crippen LogP contribution in [0, 0.1) is 5.92 Å². The van der Waals surface area contributed by atoms with Crippen LogP contribution < -0.4 is 0 Å². The monoisotopic (exact) mass is 204 g/mol. The van der Waals surface area contributed by atoms with Gasteiger partial charge in [-0.1, -0.05) is 43.0 Å². The van der Waals surface area contributed by atoms with Gasteiger partial charge in [0, 0.05) is 4.90 Å². The molecule has 0 N–H and O–H groups in total. The summed E-state index contributed by atoms with van der Waals surface area (Å²) in [5, 5.41) is 0. The lowest BCUT2D eigenvalue weighted by atomic mass is 9.98. The van der Waals surface area contributed by atoms with Crippen molar-refractivity contribution in [1.29, 1.82) is 0 Å². The maximum absolute atomic E-state index is 2.43. The normalized spacial score (nSPS) is 21.8. The van der Waals surface area contributed by atoms with Crippen molar-refractivity contribution in [3.63, 3.8) is 0 Å². The molecule has 1 aliphatic rings. The molecular formula is C13H16S. The molecule has 1 aromatic carbocycles. The van der Waals surface area contributed by atoms with Crippen molar-refractivity contribution in [2.24, 2.45) is 5.92 Å². The Hall–Kier alpha value is -0.690. The summed E-state index contributed by atoms with van der Waals surface area (Å²) in [6.45, 7) is 2.31. The summed E-state index contributed by atoms with van der Waals surface area (Å²) in [5.41, 5.74) is 0. The molecule has 0 saturated heterocycles. The van der Waals surface area contributed by atoms with Gasteiger partial charge in [0.05, 0.1) is 0 Å². The SMILES string of the molecule is CC1C=C(Sc2ccccc2)CCC1. The third kappa shape index (κ3) is 2.65. The molecule has 0 heterocycles. The molecule has 0 saturated carbocycles. The van der Waals surface area contributed by atoms with Crippen molar-refractivity contribution in [1.82, 2.24) is 0 Å². The fraction of sp³-hybridized carbons (Fsp3) is 0.385. The smallest absolute Gasteiger partial charge is 0.0118 e. The number of hydrogen-bond acceptors (Lipinski definition) is 1. The second kappa shape index (κ2) is 4.70. The van der Waals surface area contributed by atoms with Crippen LogP contribution in [0.1, 0.15) is 26.2 Å². The van der Waals surface area contributed by atoms with Crippen LogP contribution in [0.5, 0.6) is 0 Å². The first kappa shape index (κ1) is 9.85. The quantitative estimate of drug-likeness (QED) is 0.684. The molecule has 14 heavy (non-hydrogen) atoms. The highest BCUT2D eigenvalue weighted by Crippen LogP contribution is 2.34. The molecule has 1 unspecified atom stereocenters. The van der Waals surface area contributed by atoms with Gasteiger partial charge in [-0.2, -0.15) is 0 Å². The Morgan fingerprint density at radius 2 is 2.00 bits per heavy atom. The first-order chi connectivity index (χ1) is 6.84. The molecule has 0 bridgehead atoms. The molecule has 1 aromatic rings. The maximum Gasteiger partial charge on any atom is 0.0118 e. The summed E-state index contributed by atoms with van der Waals surface area (Å²) >= 11 is 1.93. The van der Waals surface area contributed by atoms with Gasteiger partial charge >= 0.3 is 0 Å². The van der Waals surface area contributed by atoms with Crippen molar-refractivity contribution in [2.45, 2.75) is 31.1 Å². The molecule has 0 fully saturated rings. The second-order valence-electron chi connectivity index (χ2n) is 3.92. The third-order valence-corrected chi connectivity index (χ3v) is 3.66. The van der Waals surface area contributed by atoms with Crippen molar-refractivity contribution in [3.8, 4) is 0 Å². The minimum Gasteiger partial charge on any atom is -0.0949 e. The summed E-state index contributed by atoms with van der Waals surface area (Å²) in [5.74, 6) is 0.773. The van der Waals surface area contributed by atoms with Gasteiger partial charge in [-0.05, 0) is 42.2 Å². The van der Waals surface area contributed by atoms with E-state index in [1.165, 1.54) is 24.2 Å². The molecule has 74 valence electrons. The van der Waals surface area contributed by atoms with Crippen LogP contribution in [0.15, 0.2) is 46.2 Å². The highest BCUT2D eigenvalue weighted by atomic mass is 32.2. The number of benzene rings is 1. The Bertz CT molecular complexity index is 313. The van der Waals surface area contributed by atoms with Crippen molar-refractivity contribution in [2.75, 3.05) is 0 Å². The predicted molar refractivity (Wildman–Crippen MR) is 63.4 cm³/mol. The van der Waals surface area contributed by atoms with Gasteiger partial charge in [0.1, 0.15) is 0 Å². The van der Waals surface area contributed by atoms with Crippen molar-refractivity contribution in [3.05, 3.63) is 41.3 Å². The van der Waals surface area contributed by atoms with Gasteiger partial charge in [0.2, 0.25) is 0 Å². The average molecular weight is 204 g/mol. The Morgan fingerprint density at radius 1 is 1.21 bits per heavy atom. The Labute approximate surface area is 90.4 Å². The minimum absolute atomic E-state index is 0.773. The zero-order valence-electron chi connectivity index (χ0n) is 8.57. The fourth-order valence-corrected chi connectivity index (χ4v) is 2.95. The van der Waals surface area contributed by atoms with E-state index in [0.717, 1.165) is 5.92 Å². The fourth-order valence-electron chi connectivity index (χ4n) is 1.81. The van der Waals surface area contributed by atoms with E-state index in [2.05, 4.69) is 43.3 Å². The number of hydrogen-bond donors (Lipinski definition) is 0. The Kier molecular flexibility index (Phi) is 3.30. The van der Waals surface area contributed by atoms with Gasteiger partial charge in [-0.15, -0.1) is 0 Å². The van der Waals surface area contributed by atoms with Gasteiger partial charge < -0.3 is 0 Å². The number of thioether (sulfide) groups is 1. The van der Waals surface area contributed by atoms with E-state index in [0.29, 0.717) is 0 Å². The van der Waals surface area contributed by atoms with Gasteiger partial charge in [0.25, 0.3) is 0 Å². The largest absolute Gasteiger partial charge is 0.0949 e. The van der Waals surface area contributed by atoms with E-state index < -0.39 is 0 Å². The van der Waals surface area contributed by atoms with Crippen LogP contribution in [0.25, 0.3) is 0 Å². The van der Waals surface area contributed by atoms with E-state index in [-0.39, 0.29) is 0 Å². The Morgan fingerprint density at radius 3 is 2.71 bits per heavy atom. The van der Waals surface area contributed by atoms with Crippen molar-refractivity contribution < 1.29 is 0 Å². The van der Waals surface area contributed by atoms with Crippen LogP contribution in [-0.2, 0) is 0 Å². The molecule has 0 amide bonds. The van der Waals surface area contributed by atoms with E-state index in [1.807, 2.05) is 11.8 Å². The summed E-state index contributed by atoms with van der Waals surface area (Å²) in [6, 6.07) is 10.7. The van der Waals surface area contributed by atoms with E-state index >= 15 is 0 Å². The first-order valence-electron chi connectivity index (χ1n) is 5.28. The number of rotatable bonds is 2. The molecule has 2 rings (SSSR count). The maximum atomic E-state index is 2.43. The van der Waals surface area contributed by atoms with Crippen LogP contribution in [0.3, 0.4) is 0 Å². The molecule has 1 atom stereocenters. The van der Waals surface area contributed by atoms with Crippen LogP contribution >= 0.6 is 11.8 Å². The molecule has 0 aromatic heterocycles. The molecule has 0 aliphatic heterocycles. The zero-order valence-corrected chi connectivity index (χ0v) is 9.39. The number of allylic oxidation sites excluding steroid dienone is 2. The third-order valence-electron chi connectivity index (χ3n) is 2.55. The van der Waals surface area contributed by atoms with E-state index in [4.69, 9.17) is 0 Å². The highest BCUT2D eigenvalue weighted by Gasteiger charge is 2.09.